The maximum Gasteiger partial charge on any atom is 0.358 e. The highest BCUT2D eigenvalue weighted by molar-refractivity contribution is 7.87. The Hall–Kier alpha value is -2.13. The molecule has 0 atom stereocenters. The molecule has 0 aliphatic carbocycles. The highest BCUT2D eigenvalue weighted by atomic mass is 35.5. The third-order valence-electron chi connectivity index (χ3n) is 6.25. The van der Waals surface area contributed by atoms with E-state index in [-0.39, 0.29) is 11.9 Å². The zero-order chi connectivity index (χ0) is 24.7. The Kier molecular flexibility index (Phi) is 9.36. The smallest absolute Gasteiger partial charge is 0.323 e. The number of rotatable bonds is 7. The van der Waals surface area contributed by atoms with E-state index in [1.807, 2.05) is 13.0 Å². The van der Waals surface area contributed by atoms with Crippen LogP contribution in [0.3, 0.4) is 0 Å². The van der Waals surface area contributed by atoms with Gasteiger partial charge in [0.15, 0.2) is 0 Å². The number of aryl methyl sites for hydroxylation is 2. The van der Waals surface area contributed by atoms with Gasteiger partial charge in [0.25, 0.3) is 0 Å². The Morgan fingerprint density at radius 1 is 1.15 bits per heavy atom. The number of anilines is 1. The standard InChI is InChI=1S/C19H28ClN3O3S.C6H5F/c1-3-22-11-8-16(9-12-22)23-18-13-15(5-4-10-20)6-7-17(18)14(2)19(23)21-27(24,25)26;7-6-4-2-1-3-5-6/h6-7,13,16,21H,3-5,8-12H2,1-2H3,(H,24,25,26);1-5H. The molecule has 1 fully saturated rings. The summed E-state index contributed by atoms with van der Waals surface area (Å²) >= 11 is 5.84. The molecule has 0 bridgehead atoms. The quantitative estimate of drug-likeness (QED) is 0.311. The Morgan fingerprint density at radius 2 is 1.82 bits per heavy atom. The maximum atomic E-state index is 11.9. The first-order valence-corrected chi connectivity index (χ1v) is 13.6. The number of nitrogens with zero attached hydrogens (tertiary/aromatic N) is 2. The number of hydrogen-bond acceptors (Lipinski definition) is 3. The van der Waals surface area contributed by atoms with Crippen molar-refractivity contribution in [1.82, 2.24) is 9.47 Å². The number of halogens is 2. The minimum atomic E-state index is -4.35. The summed E-state index contributed by atoms with van der Waals surface area (Å²) < 4.78 is 48.9. The van der Waals surface area contributed by atoms with E-state index in [0.717, 1.165) is 61.8 Å². The summed E-state index contributed by atoms with van der Waals surface area (Å²) in [4.78, 5) is 2.40. The maximum absolute atomic E-state index is 11.9. The largest absolute Gasteiger partial charge is 0.358 e. The van der Waals surface area contributed by atoms with Gasteiger partial charge in [0.2, 0.25) is 0 Å². The molecule has 34 heavy (non-hydrogen) atoms. The first-order chi connectivity index (χ1) is 16.2. The van der Waals surface area contributed by atoms with Crippen molar-refractivity contribution >= 4 is 38.6 Å². The summed E-state index contributed by atoms with van der Waals surface area (Å²) in [7, 11) is -4.35. The zero-order valence-corrected chi connectivity index (χ0v) is 21.2. The van der Waals surface area contributed by atoms with Crippen molar-refractivity contribution in [3.8, 4) is 0 Å². The first-order valence-electron chi connectivity index (χ1n) is 11.6. The normalized spacial score (nSPS) is 15.2. The molecule has 1 aliphatic rings. The van der Waals surface area contributed by atoms with Crippen molar-refractivity contribution in [2.45, 2.75) is 45.6 Å². The molecule has 186 valence electrons. The number of hydrogen-bond donors (Lipinski definition) is 2. The highest BCUT2D eigenvalue weighted by Gasteiger charge is 2.26. The average Bonchev–Trinajstić information content (AvgIpc) is 3.08. The summed E-state index contributed by atoms with van der Waals surface area (Å²) in [6.45, 7) is 7.04. The fourth-order valence-electron chi connectivity index (χ4n) is 4.48. The molecule has 2 N–H and O–H groups in total. The number of nitrogens with one attached hydrogen (secondary N) is 1. The third kappa shape index (κ3) is 6.95. The number of aromatic nitrogens is 1. The van der Waals surface area contributed by atoms with Gasteiger partial charge in [0, 0.05) is 30.4 Å². The molecule has 0 radical (unpaired) electrons. The van der Waals surface area contributed by atoms with E-state index in [9.17, 15) is 17.4 Å². The van der Waals surface area contributed by atoms with Crippen molar-refractivity contribution in [2.75, 3.05) is 30.2 Å². The van der Waals surface area contributed by atoms with Gasteiger partial charge in [0.1, 0.15) is 11.6 Å². The predicted molar refractivity (Wildman–Crippen MR) is 138 cm³/mol. The van der Waals surface area contributed by atoms with Gasteiger partial charge in [-0.3, -0.25) is 4.55 Å². The van der Waals surface area contributed by atoms with E-state index in [0.29, 0.717) is 11.7 Å². The van der Waals surface area contributed by atoms with Gasteiger partial charge >= 0.3 is 10.3 Å². The Morgan fingerprint density at radius 3 is 2.35 bits per heavy atom. The van der Waals surface area contributed by atoms with Gasteiger partial charge in [-0.25, -0.2) is 9.11 Å². The van der Waals surface area contributed by atoms with Crippen molar-refractivity contribution in [3.05, 3.63) is 65.5 Å². The Balaban J connectivity index is 0.000000396. The van der Waals surface area contributed by atoms with Crippen LogP contribution in [0.2, 0.25) is 0 Å². The fourth-order valence-corrected chi connectivity index (χ4v) is 5.11. The Bertz CT molecular complexity index is 1180. The zero-order valence-electron chi connectivity index (χ0n) is 19.7. The summed E-state index contributed by atoms with van der Waals surface area (Å²) in [5.41, 5.74) is 3.04. The number of piperidine rings is 1. The summed E-state index contributed by atoms with van der Waals surface area (Å²) in [6, 6.07) is 14.4. The second kappa shape index (κ2) is 12.0. The van der Waals surface area contributed by atoms with Gasteiger partial charge in [-0.05, 0) is 68.5 Å². The molecule has 0 unspecified atom stereocenters. The van der Waals surface area contributed by atoms with Crippen LogP contribution in [0.4, 0.5) is 10.2 Å². The van der Waals surface area contributed by atoms with Crippen LogP contribution < -0.4 is 4.72 Å². The molecule has 2 aromatic carbocycles. The van der Waals surface area contributed by atoms with E-state index in [2.05, 4.69) is 33.2 Å². The molecule has 9 heteroatoms. The lowest BCUT2D eigenvalue weighted by Crippen LogP contribution is -2.34. The van der Waals surface area contributed by atoms with E-state index in [1.165, 1.54) is 17.7 Å². The molecule has 1 saturated heterocycles. The highest BCUT2D eigenvalue weighted by Crippen LogP contribution is 2.37. The average molecular weight is 510 g/mol. The van der Waals surface area contributed by atoms with Gasteiger partial charge in [-0.1, -0.05) is 37.3 Å². The lowest BCUT2D eigenvalue weighted by molar-refractivity contribution is 0.198. The van der Waals surface area contributed by atoms with E-state index in [1.54, 1.807) is 18.2 Å². The first kappa shape index (κ1) is 26.5. The molecular formula is C25H33ClFN3O3S. The van der Waals surface area contributed by atoms with Crippen LogP contribution in [0.25, 0.3) is 10.9 Å². The SMILES string of the molecule is CCN1CCC(n2c(NS(=O)(=O)O)c(C)c3ccc(CCCCl)cc32)CC1.Fc1ccccc1. The van der Waals surface area contributed by atoms with Crippen LogP contribution in [0.15, 0.2) is 48.5 Å². The van der Waals surface area contributed by atoms with E-state index < -0.39 is 10.3 Å². The van der Waals surface area contributed by atoms with Crippen LogP contribution in [0.5, 0.6) is 0 Å². The second-order valence-electron chi connectivity index (χ2n) is 8.53. The van der Waals surface area contributed by atoms with E-state index in [4.69, 9.17) is 11.6 Å². The molecule has 0 saturated carbocycles. The number of fused-ring (bicyclic) bond motifs is 1. The molecule has 2 heterocycles. The monoisotopic (exact) mass is 509 g/mol. The molecule has 0 amide bonds. The van der Waals surface area contributed by atoms with Gasteiger partial charge in [-0.2, -0.15) is 8.42 Å². The van der Waals surface area contributed by atoms with Crippen molar-refractivity contribution in [2.24, 2.45) is 0 Å². The fraction of sp³-hybridized carbons (Fsp3) is 0.440. The Labute approximate surface area is 206 Å². The summed E-state index contributed by atoms with van der Waals surface area (Å²) in [6.07, 6.45) is 3.68. The predicted octanol–water partition coefficient (Wildman–Crippen LogP) is 5.82. The number of likely N-dealkylation sites (tertiary alicyclic amines) is 1. The van der Waals surface area contributed by atoms with Crippen molar-refractivity contribution in [3.63, 3.8) is 0 Å². The second-order valence-corrected chi connectivity index (χ2v) is 10.1. The minimum Gasteiger partial charge on any atom is -0.323 e. The van der Waals surface area contributed by atoms with Crippen LogP contribution >= 0.6 is 11.6 Å². The van der Waals surface area contributed by atoms with E-state index >= 15 is 0 Å². The number of alkyl halides is 1. The van der Waals surface area contributed by atoms with Crippen LogP contribution in [0.1, 0.15) is 43.4 Å². The van der Waals surface area contributed by atoms with Gasteiger partial charge in [0.05, 0.1) is 5.52 Å². The lowest BCUT2D eigenvalue weighted by atomic mass is 10.0. The third-order valence-corrected chi connectivity index (χ3v) is 6.97. The molecule has 1 aliphatic heterocycles. The molecule has 3 aromatic rings. The van der Waals surface area contributed by atoms with Gasteiger partial charge < -0.3 is 9.47 Å². The van der Waals surface area contributed by atoms with Crippen LogP contribution in [-0.4, -0.2) is 48.0 Å². The molecule has 0 spiro atoms. The molecule has 4 rings (SSSR count). The van der Waals surface area contributed by atoms with Crippen molar-refractivity contribution < 1.29 is 17.4 Å². The summed E-state index contributed by atoms with van der Waals surface area (Å²) in [5, 5.41) is 1.01. The number of benzene rings is 2. The van der Waals surface area contributed by atoms with Crippen LogP contribution in [-0.2, 0) is 16.7 Å². The molecule has 1 aromatic heterocycles. The van der Waals surface area contributed by atoms with Crippen molar-refractivity contribution in [1.29, 1.82) is 0 Å². The van der Waals surface area contributed by atoms with Gasteiger partial charge in [-0.15, -0.1) is 11.6 Å². The topological polar surface area (TPSA) is 74.6 Å². The molecule has 6 nitrogen and oxygen atoms in total. The summed E-state index contributed by atoms with van der Waals surface area (Å²) in [5.74, 6) is 0.905. The molecular weight excluding hydrogens is 477 g/mol. The lowest BCUT2D eigenvalue weighted by Gasteiger charge is -2.33. The minimum absolute atomic E-state index is 0.178. The van der Waals surface area contributed by atoms with Crippen LogP contribution in [0, 0.1) is 12.7 Å².